The highest BCUT2D eigenvalue weighted by molar-refractivity contribution is 5.83. The third kappa shape index (κ3) is 5.96. The molecule has 27 heavy (non-hydrogen) atoms. The van der Waals surface area contributed by atoms with Crippen LogP contribution in [0, 0.1) is 10.1 Å². The van der Waals surface area contributed by atoms with Crippen LogP contribution in [0.3, 0.4) is 0 Å². The Kier molecular flexibility index (Phi) is 7.07. The summed E-state index contributed by atoms with van der Waals surface area (Å²) in [6.45, 7) is 3.45. The first-order valence-electron chi connectivity index (χ1n) is 8.00. The largest absolute Gasteiger partial charge is 0.493 e. The van der Waals surface area contributed by atoms with Crippen LogP contribution in [-0.4, -0.2) is 30.8 Å². The van der Waals surface area contributed by atoms with E-state index in [0.29, 0.717) is 23.5 Å². The number of nitrogens with one attached hydrogen (secondary N) is 1. The number of carbonyl (C=O) groups is 1. The molecule has 0 heterocycles. The topological polar surface area (TPSA) is 103 Å². The number of rotatable bonds is 9. The molecule has 8 heteroatoms. The SMILES string of the molecule is C=CCc1ccc(OCC(=O)N/N=C/c2ccc([N+](=O)[O-])cc2)c(OC)c1. The Morgan fingerprint density at radius 2 is 2.00 bits per heavy atom. The fourth-order valence-corrected chi connectivity index (χ4v) is 2.16. The van der Waals surface area contributed by atoms with Gasteiger partial charge in [0.1, 0.15) is 0 Å². The second-order valence-corrected chi connectivity index (χ2v) is 5.41. The van der Waals surface area contributed by atoms with Crippen molar-refractivity contribution in [3.05, 3.63) is 76.4 Å². The Labute approximate surface area is 156 Å². The standard InChI is InChI=1S/C19H19N3O5/c1-3-4-14-7-10-17(18(11-14)26-2)27-13-19(23)21-20-12-15-5-8-16(9-6-15)22(24)25/h3,5-12H,1,4,13H2,2H3,(H,21,23)/b20-12+. The van der Waals surface area contributed by atoms with E-state index in [1.807, 2.05) is 12.1 Å². The highest BCUT2D eigenvalue weighted by Gasteiger charge is 2.08. The number of nitro groups is 1. The van der Waals surface area contributed by atoms with Crippen molar-refractivity contribution >= 4 is 17.8 Å². The molecule has 0 aliphatic carbocycles. The molecule has 1 amide bonds. The summed E-state index contributed by atoms with van der Waals surface area (Å²) in [5.41, 5.74) is 3.94. The Morgan fingerprint density at radius 3 is 2.63 bits per heavy atom. The number of hydrogen-bond donors (Lipinski definition) is 1. The van der Waals surface area contributed by atoms with Gasteiger partial charge in [-0.2, -0.15) is 5.10 Å². The molecule has 2 aromatic carbocycles. The van der Waals surface area contributed by atoms with Crippen LogP contribution in [0.5, 0.6) is 11.5 Å². The molecule has 2 aromatic rings. The molecule has 8 nitrogen and oxygen atoms in total. The van der Waals surface area contributed by atoms with E-state index in [1.54, 1.807) is 12.1 Å². The van der Waals surface area contributed by atoms with Gasteiger partial charge in [0.15, 0.2) is 18.1 Å². The van der Waals surface area contributed by atoms with Gasteiger partial charge < -0.3 is 9.47 Å². The number of ether oxygens (including phenoxy) is 2. The molecule has 1 N–H and O–H groups in total. The van der Waals surface area contributed by atoms with Gasteiger partial charge in [0, 0.05) is 12.1 Å². The van der Waals surface area contributed by atoms with E-state index in [0.717, 1.165) is 5.56 Å². The molecule has 0 fully saturated rings. The van der Waals surface area contributed by atoms with Gasteiger partial charge in [-0.05, 0) is 41.8 Å². The molecular formula is C19H19N3O5. The lowest BCUT2D eigenvalue weighted by atomic mass is 10.1. The van der Waals surface area contributed by atoms with Crippen LogP contribution >= 0.6 is 0 Å². The average Bonchev–Trinajstić information content (AvgIpc) is 2.67. The minimum Gasteiger partial charge on any atom is -0.493 e. The number of nitro benzene ring substituents is 1. The molecule has 0 unspecified atom stereocenters. The first-order chi connectivity index (χ1) is 13.0. The molecular weight excluding hydrogens is 350 g/mol. The second kappa shape index (κ2) is 9.71. The molecule has 0 bridgehead atoms. The molecule has 0 aliphatic rings. The van der Waals surface area contributed by atoms with Crippen molar-refractivity contribution in [2.24, 2.45) is 5.10 Å². The van der Waals surface area contributed by atoms with Crippen LogP contribution in [0.15, 0.2) is 60.2 Å². The van der Waals surface area contributed by atoms with E-state index in [-0.39, 0.29) is 12.3 Å². The summed E-state index contributed by atoms with van der Waals surface area (Å²) in [4.78, 5) is 21.9. The van der Waals surface area contributed by atoms with Gasteiger partial charge in [-0.1, -0.05) is 12.1 Å². The van der Waals surface area contributed by atoms with Crippen LogP contribution in [0.2, 0.25) is 0 Å². The molecule has 0 atom stereocenters. The zero-order valence-corrected chi connectivity index (χ0v) is 14.8. The Bertz CT molecular complexity index is 847. The van der Waals surface area contributed by atoms with Crippen LogP contribution in [0.25, 0.3) is 0 Å². The highest BCUT2D eigenvalue weighted by Crippen LogP contribution is 2.28. The number of non-ortho nitro benzene ring substituents is 1. The summed E-state index contributed by atoms with van der Waals surface area (Å²) in [5, 5.41) is 14.4. The maximum Gasteiger partial charge on any atom is 0.277 e. The first-order valence-corrected chi connectivity index (χ1v) is 8.00. The van der Waals surface area contributed by atoms with E-state index in [2.05, 4.69) is 17.1 Å². The molecule has 0 aliphatic heterocycles. The van der Waals surface area contributed by atoms with Gasteiger partial charge in [-0.25, -0.2) is 5.43 Å². The van der Waals surface area contributed by atoms with E-state index in [9.17, 15) is 14.9 Å². The van der Waals surface area contributed by atoms with E-state index < -0.39 is 10.8 Å². The van der Waals surface area contributed by atoms with E-state index in [4.69, 9.17) is 9.47 Å². The lowest BCUT2D eigenvalue weighted by Gasteiger charge is -2.11. The number of carbonyl (C=O) groups excluding carboxylic acids is 1. The van der Waals surface area contributed by atoms with Gasteiger partial charge >= 0.3 is 0 Å². The highest BCUT2D eigenvalue weighted by atomic mass is 16.6. The number of hydrazone groups is 1. The van der Waals surface area contributed by atoms with Crippen LogP contribution in [0.4, 0.5) is 5.69 Å². The quantitative estimate of drug-likeness (QED) is 0.317. The third-order valence-corrected chi connectivity index (χ3v) is 3.47. The van der Waals surface area contributed by atoms with Crippen LogP contribution < -0.4 is 14.9 Å². The average molecular weight is 369 g/mol. The maximum atomic E-state index is 11.8. The van der Waals surface area contributed by atoms with Crippen molar-refractivity contribution in [2.75, 3.05) is 13.7 Å². The molecule has 0 saturated heterocycles. The van der Waals surface area contributed by atoms with Crippen molar-refractivity contribution < 1.29 is 19.2 Å². The molecule has 0 aromatic heterocycles. The van der Waals surface area contributed by atoms with Crippen molar-refractivity contribution in [1.29, 1.82) is 0 Å². The van der Waals surface area contributed by atoms with Gasteiger partial charge in [-0.15, -0.1) is 6.58 Å². The zero-order valence-electron chi connectivity index (χ0n) is 14.8. The third-order valence-electron chi connectivity index (χ3n) is 3.47. The van der Waals surface area contributed by atoms with Crippen LogP contribution in [-0.2, 0) is 11.2 Å². The minimum atomic E-state index is -0.488. The van der Waals surface area contributed by atoms with E-state index in [1.165, 1.54) is 37.6 Å². The van der Waals surface area contributed by atoms with Crippen LogP contribution in [0.1, 0.15) is 11.1 Å². The molecule has 2 rings (SSSR count). The summed E-state index contributed by atoms with van der Waals surface area (Å²) in [6.07, 6.45) is 3.87. The van der Waals surface area contributed by atoms with Gasteiger partial charge in [0.05, 0.1) is 18.2 Å². The zero-order chi connectivity index (χ0) is 19.6. The molecule has 0 spiro atoms. The Morgan fingerprint density at radius 1 is 1.26 bits per heavy atom. The smallest absolute Gasteiger partial charge is 0.277 e. The van der Waals surface area contributed by atoms with Crippen molar-refractivity contribution in [3.8, 4) is 11.5 Å². The number of hydrogen-bond acceptors (Lipinski definition) is 6. The Hall–Kier alpha value is -3.68. The number of amides is 1. The number of methoxy groups -OCH3 is 1. The van der Waals surface area contributed by atoms with Gasteiger partial charge in [0.25, 0.3) is 11.6 Å². The lowest BCUT2D eigenvalue weighted by Crippen LogP contribution is -2.24. The lowest BCUT2D eigenvalue weighted by molar-refractivity contribution is -0.384. The van der Waals surface area contributed by atoms with Crippen molar-refractivity contribution in [1.82, 2.24) is 5.43 Å². The monoisotopic (exact) mass is 369 g/mol. The van der Waals surface area contributed by atoms with E-state index >= 15 is 0 Å². The maximum absolute atomic E-state index is 11.8. The van der Waals surface area contributed by atoms with Crippen molar-refractivity contribution in [3.63, 3.8) is 0 Å². The fraction of sp³-hybridized carbons (Fsp3) is 0.158. The summed E-state index contributed by atoms with van der Waals surface area (Å²) >= 11 is 0. The summed E-state index contributed by atoms with van der Waals surface area (Å²) in [6, 6.07) is 11.2. The first kappa shape index (κ1) is 19.6. The molecule has 0 radical (unpaired) electrons. The summed E-state index contributed by atoms with van der Waals surface area (Å²) in [7, 11) is 1.52. The van der Waals surface area contributed by atoms with Gasteiger partial charge in [0.2, 0.25) is 0 Å². The van der Waals surface area contributed by atoms with Crippen molar-refractivity contribution in [2.45, 2.75) is 6.42 Å². The van der Waals surface area contributed by atoms with Gasteiger partial charge in [-0.3, -0.25) is 14.9 Å². The Balaban J connectivity index is 1.87. The summed E-state index contributed by atoms with van der Waals surface area (Å²) < 4.78 is 10.7. The molecule has 140 valence electrons. The predicted molar refractivity (Wildman–Crippen MR) is 101 cm³/mol. The minimum absolute atomic E-state index is 0.0161. The predicted octanol–water partition coefficient (Wildman–Crippen LogP) is 2.86. The second-order valence-electron chi connectivity index (χ2n) is 5.41. The number of allylic oxidation sites excluding steroid dienone is 1. The fourth-order valence-electron chi connectivity index (χ4n) is 2.16. The molecule has 0 saturated carbocycles. The summed E-state index contributed by atoms with van der Waals surface area (Å²) in [5.74, 6) is 0.515. The number of nitrogens with zero attached hydrogens (tertiary/aromatic N) is 2. The normalized spacial score (nSPS) is 10.4. The number of benzene rings is 2.